The number of halogens is 1. The van der Waals surface area contributed by atoms with Crippen molar-refractivity contribution in [2.75, 3.05) is 5.75 Å². The van der Waals surface area contributed by atoms with Crippen LogP contribution in [0.15, 0.2) is 29.4 Å². The van der Waals surface area contributed by atoms with Gasteiger partial charge in [0.1, 0.15) is 5.82 Å². The summed E-state index contributed by atoms with van der Waals surface area (Å²) in [6.07, 6.45) is 0.872. The number of thioether (sulfide) groups is 1. The average Bonchev–Trinajstić information content (AvgIpc) is 2.93. The molecule has 0 saturated heterocycles. The van der Waals surface area contributed by atoms with Gasteiger partial charge >= 0.3 is 0 Å². The number of hydrogen-bond donors (Lipinski definition) is 1. The molecule has 0 bridgehead atoms. The average molecular weight is 309 g/mol. The second kappa shape index (κ2) is 7.16. The Morgan fingerprint density at radius 3 is 3.05 bits per heavy atom. The molecular weight excluding hydrogens is 293 g/mol. The van der Waals surface area contributed by atoms with Crippen LogP contribution in [0.3, 0.4) is 0 Å². The quantitative estimate of drug-likeness (QED) is 0.824. The molecule has 8 heteroatoms. The minimum atomic E-state index is -0.367. The first-order valence-corrected chi connectivity index (χ1v) is 7.55. The molecule has 0 saturated carbocycles. The predicted molar refractivity (Wildman–Crippen MR) is 77.7 cm³/mol. The largest absolute Gasteiger partial charge is 0.353 e. The molecule has 2 rings (SSSR count). The Morgan fingerprint density at radius 1 is 1.52 bits per heavy atom. The summed E-state index contributed by atoms with van der Waals surface area (Å²) in [5.74, 6) is -0.239. The number of nitrogens with one attached hydrogen (secondary N) is 1. The van der Waals surface area contributed by atoms with Crippen LogP contribution in [0.5, 0.6) is 0 Å². The molecule has 0 unspecified atom stereocenters. The lowest BCUT2D eigenvalue weighted by atomic mass is 10.3. The number of carbonyl (C=O) groups is 1. The fraction of sp³-hybridized carbons (Fsp3) is 0.385. The van der Waals surface area contributed by atoms with Crippen LogP contribution in [-0.2, 0) is 4.79 Å². The molecule has 1 aromatic heterocycles. The summed E-state index contributed by atoms with van der Waals surface area (Å²) in [5.41, 5.74) is 0.518. The van der Waals surface area contributed by atoms with Gasteiger partial charge < -0.3 is 5.32 Å². The van der Waals surface area contributed by atoms with E-state index in [4.69, 9.17) is 0 Å². The molecule has 0 aliphatic heterocycles. The van der Waals surface area contributed by atoms with Gasteiger partial charge in [0.15, 0.2) is 0 Å². The van der Waals surface area contributed by atoms with E-state index in [-0.39, 0.29) is 23.5 Å². The lowest BCUT2D eigenvalue weighted by molar-refractivity contribution is -0.119. The summed E-state index contributed by atoms with van der Waals surface area (Å²) in [4.78, 5) is 11.7. The second-order valence-corrected chi connectivity index (χ2v) is 5.46. The third-order valence-electron chi connectivity index (χ3n) is 2.85. The molecule has 112 valence electrons. The van der Waals surface area contributed by atoms with E-state index in [1.165, 1.54) is 28.6 Å². The van der Waals surface area contributed by atoms with Crippen LogP contribution < -0.4 is 5.32 Å². The zero-order chi connectivity index (χ0) is 15.2. The molecule has 1 aromatic carbocycles. The lowest BCUT2D eigenvalue weighted by Gasteiger charge is -2.10. The van der Waals surface area contributed by atoms with Crippen LogP contribution in [0.25, 0.3) is 5.69 Å². The topological polar surface area (TPSA) is 72.7 Å². The zero-order valence-electron chi connectivity index (χ0n) is 11.8. The van der Waals surface area contributed by atoms with E-state index in [2.05, 4.69) is 20.8 Å². The molecule has 6 nitrogen and oxygen atoms in total. The van der Waals surface area contributed by atoms with Crippen molar-refractivity contribution in [2.24, 2.45) is 0 Å². The molecule has 21 heavy (non-hydrogen) atoms. The molecule has 1 atom stereocenters. The van der Waals surface area contributed by atoms with Crippen molar-refractivity contribution in [1.82, 2.24) is 25.5 Å². The van der Waals surface area contributed by atoms with E-state index in [0.717, 1.165) is 6.42 Å². The Labute approximate surface area is 126 Å². The van der Waals surface area contributed by atoms with Gasteiger partial charge in [0.2, 0.25) is 11.1 Å². The summed E-state index contributed by atoms with van der Waals surface area (Å²) >= 11 is 1.21. The first-order chi connectivity index (χ1) is 10.1. The molecule has 1 amide bonds. The summed E-state index contributed by atoms with van der Waals surface area (Å²) in [5, 5.41) is 14.6. The van der Waals surface area contributed by atoms with Gasteiger partial charge in [-0.1, -0.05) is 24.8 Å². The highest BCUT2D eigenvalue weighted by atomic mass is 32.2. The zero-order valence-corrected chi connectivity index (χ0v) is 12.6. The first-order valence-electron chi connectivity index (χ1n) is 6.56. The summed E-state index contributed by atoms with van der Waals surface area (Å²) < 4.78 is 14.6. The minimum Gasteiger partial charge on any atom is -0.353 e. The summed E-state index contributed by atoms with van der Waals surface area (Å²) in [6.45, 7) is 3.95. The molecule has 0 aliphatic rings. The van der Waals surface area contributed by atoms with Gasteiger partial charge in [-0.2, -0.15) is 4.68 Å². The summed E-state index contributed by atoms with van der Waals surface area (Å²) in [6, 6.07) is 6.09. The lowest BCUT2D eigenvalue weighted by Crippen LogP contribution is -2.33. The number of aromatic nitrogens is 4. The monoisotopic (exact) mass is 309 g/mol. The van der Waals surface area contributed by atoms with E-state index in [9.17, 15) is 9.18 Å². The Balaban J connectivity index is 2.03. The molecule has 0 spiro atoms. The fourth-order valence-electron chi connectivity index (χ4n) is 1.59. The molecule has 2 aromatic rings. The number of carbonyl (C=O) groups excluding carboxylic acids is 1. The highest BCUT2D eigenvalue weighted by Crippen LogP contribution is 2.18. The number of benzene rings is 1. The number of nitrogens with zero attached hydrogens (tertiary/aromatic N) is 4. The van der Waals surface area contributed by atoms with Crippen molar-refractivity contribution >= 4 is 17.7 Å². The van der Waals surface area contributed by atoms with Crippen LogP contribution in [-0.4, -0.2) is 37.9 Å². The van der Waals surface area contributed by atoms with Gasteiger partial charge in [0.25, 0.3) is 0 Å². The van der Waals surface area contributed by atoms with Gasteiger partial charge in [-0.25, -0.2) is 4.39 Å². The van der Waals surface area contributed by atoms with Crippen molar-refractivity contribution in [3.8, 4) is 5.69 Å². The van der Waals surface area contributed by atoms with Crippen LogP contribution in [0.2, 0.25) is 0 Å². The van der Waals surface area contributed by atoms with Gasteiger partial charge in [-0.3, -0.25) is 4.79 Å². The normalized spacial score (nSPS) is 12.1. The van der Waals surface area contributed by atoms with E-state index >= 15 is 0 Å². The third-order valence-corrected chi connectivity index (χ3v) is 3.77. The van der Waals surface area contributed by atoms with Crippen LogP contribution in [0.4, 0.5) is 4.39 Å². The number of amides is 1. The van der Waals surface area contributed by atoms with Gasteiger partial charge in [0, 0.05) is 6.04 Å². The van der Waals surface area contributed by atoms with Gasteiger partial charge in [-0.05, 0) is 42.0 Å². The Kier molecular flexibility index (Phi) is 5.26. The van der Waals surface area contributed by atoms with Crippen LogP contribution in [0.1, 0.15) is 20.3 Å². The van der Waals surface area contributed by atoms with E-state index in [1.807, 2.05) is 13.8 Å². The Hall–Kier alpha value is -1.96. The Morgan fingerprint density at radius 2 is 2.33 bits per heavy atom. The summed E-state index contributed by atoms with van der Waals surface area (Å²) in [7, 11) is 0. The number of hydrogen-bond acceptors (Lipinski definition) is 5. The molecular formula is C13H16FN5OS. The van der Waals surface area contributed by atoms with Crippen molar-refractivity contribution in [2.45, 2.75) is 31.5 Å². The number of rotatable bonds is 6. The van der Waals surface area contributed by atoms with Gasteiger partial charge in [0.05, 0.1) is 11.4 Å². The minimum absolute atomic E-state index is 0.0804. The maximum Gasteiger partial charge on any atom is 0.230 e. The second-order valence-electron chi connectivity index (χ2n) is 4.52. The molecule has 0 aliphatic carbocycles. The third kappa shape index (κ3) is 4.25. The molecule has 1 heterocycles. The van der Waals surface area contributed by atoms with Crippen molar-refractivity contribution in [3.63, 3.8) is 0 Å². The Bertz CT molecular complexity index is 618. The molecule has 0 radical (unpaired) electrons. The van der Waals surface area contributed by atoms with E-state index < -0.39 is 0 Å². The van der Waals surface area contributed by atoms with Crippen LogP contribution >= 0.6 is 11.8 Å². The van der Waals surface area contributed by atoms with Crippen molar-refractivity contribution in [1.29, 1.82) is 0 Å². The fourth-order valence-corrected chi connectivity index (χ4v) is 2.29. The van der Waals surface area contributed by atoms with Gasteiger partial charge in [-0.15, -0.1) is 5.10 Å². The maximum absolute atomic E-state index is 13.2. The van der Waals surface area contributed by atoms with Crippen LogP contribution in [0, 0.1) is 5.82 Å². The van der Waals surface area contributed by atoms with Crippen molar-refractivity contribution < 1.29 is 9.18 Å². The standard InChI is InChI=1S/C13H16FN5OS/c1-3-9(2)15-12(20)8-21-13-16-17-18-19(13)11-6-4-5-10(14)7-11/h4-7,9H,3,8H2,1-2H3,(H,15,20)/t9-/m0/s1. The number of tetrazole rings is 1. The smallest absolute Gasteiger partial charge is 0.230 e. The van der Waals surface area contributed by atoms with E-state index in [0.29, 0.717) is 10.8 Å². The highest BCUT2D eigenvalue weighted by molar-refractivity contribution is 7.99. The first kappa shape index (κ1) is 15.4. The van der Waals surface area contributed by atoms with Crippen molar-refractivity contribution in [3.05, 3.63) is 30.1 Å². The predicted octanol–water partition coefficient (Wildman–Crippen LogP) is 1.81. The van der Waals surface area contributed by atoms with E-state index in [1.54, 1.807) is 12.1 Å². The highest BCUT2D eigenvalue weighted by Gasteiger charge is 2.12. The molecule has 1 N–H and O–H groups in total. The maximum atomic E-state index is 13.2. The molecule has 0 fully saturated rings. The SMILES string of the molecule is CC[C@H](C)NC(=O)CSc1nnnn1-c1cccc(F)c1.